The van der Waals surface area contributed by atoms with E-state index in [1.54, 1.807) is 54.7 Å². The minimum atomic E-state index is -1.14. The van der Waals surface area contributed by atoms with Crippen LogP contribution in [0.5, 0.6) is 5.75 Å². The average molecular weight is 553 g/mol. The maximum absolute atomic E-state index is 14.1. The molecular formula is C30H28N6O5. The van der Waals surface area contributed by atoms with Crippen LogP contribution in [0.1, 0.15) is 35.5 Å². The number of nitriles is 1. The van der Waals surface area contributed by atoms with E-state index in [2.05, 4.69) is 16.7 Å². The number of fused-ring (bicyclic) bond motifs is 2. The van der Waals surface area contributed by atoms with Gasteiger partial charge < -0.3 is 25.4 Å². The smallest absolute Gasteiger partial charge is 0.335 e. The van der Waals surface area contributed by atoms with Crippen LogP contribution in [-0.2, 0) is 16.1 Å². The molecule has 208 valence electrons. The van der Waals surface area contributed by atoms with Gasteiger partial charge in [0.2, 0.25) is 5.91 Å². The highest BCUT2D eigenvalue weighted by Crippen LogP contribution is 2.35. The quantitative estimate of drug-likeness (QED) is 0.317. The zero-order chi connectivity index (χ0) is 29.3. The predicted octanol–water partition coefficient (Wildman–Crippen LogP) is 3.00. The van der Waals surface area contributed by atoms with Gasteiger partial charge in [-0.1, -0.05) is 30.3 Å². The summed E-state index contributed by atoms with van der Waals surface area (Å²) in [5.74, 6) is -1.34. The summed E-state index contributed by atoms with van der Waals surface area (Å²) < 4.78 is 7.72. The lowest BCUT2D eigenvalue weighted by molar-refractivity contribution is -0.130. The van der Waals surface area contributed by atoms with Crippen LogP contribution >= 0.6 is 0 Å². The number of carboxylic acids is 1. The summed E-state index contributed by atoms with van der Waals surface area (Å²) in [5.41, 5.74) is 2.29. The molecule has 3 aromatic carbocycles. The van der Waals surface area contributed by atoms with Gasteiger partial charge in [-0.05, 0) is 57.3 Å². The van der Waals surface area contributed by atoms with Crippen LogP contribution in [0.3, 0.4) is 0 Å². The summed E-state index contributed by atoms with van der Waals surface area (Å²) in [4.78, 5) is 39.9. The zero-order valence-corrected chi connectivity index (χ0v) is 22.7. The normalized spacial score (nSPS) is 17.2. The molecule has 0 saturated heterocycles. The molecule has 41 heavy (non-hydrogen) atoms. The number of benzene rings is 3. The fourth-order valence-electron chi connectivity index (χ4n) is 4.81. The first-order valence-electron chi connectivity index (χ1n) is 13.0. The number of carbonyl (C=O) groups excluding carboxylic acids is 2. The van der Waals surface area contributed by atoms with E-state index in [4.69, 9.17) is 9.84 Å². The Kier molecular flexibility index (Phi) is 7.42. The van der Waals surface area contributed by atoms with E-state index in [1.807, 2.05) is 30.3 Å². The molecule has 0 aliphatic carbocycles. The van der Waals surface area contributed by atoms with E-state index in [0.29, 0.717) is 28.3 Å². The number of carbonyl (C=O) groups is 3. The molecule has 5 rings (SSSR count). The third-order valence-corrected chi connectivity index (χ3v) is 7.16. The third-order valence-electron chi connectivity index (χ3n) is 7.16. The molecule has 11 heteroatoms. The Morgan fingerprint density at radius 3 is 2.59 bits per heavy atom. The van der Waals surface area contributed by atoms with Gasteiger partial charge in [-0.3, -0.25) is 9.59 Å². The fraction of sp³-hybridized carbons (Fsp3) is 0.233. The van der Waals surface area contributed by atoms with Crippen LogP contribution in [0.4, 0.5) is 5.69 Å². The standard InChI is InChI=1S/C30H28N6O5/c1-17(32-3)28(37)33-27-18(2)41-26-11-7-6-10-25(26)35(29(27)38)16-22-21-8-4-5-9-24(21)36(34-22)23-13-12-19(30(39)40)14-20(23)15-31/h4-14,17-18,27,32H,16H2,1-3H3,(H,33,37)(H,39,40)/t17-,18-,27-/m0/s1. The molecule has 2 heterocycles. The molecule has 0 radical (unpaired) electrons. The monoisotopic (exact) mass is 552 g/mol. The Balaban J connectivity index is 1.60. The number of likely N-dealkylation sites (N-methyl/N-ethyl adjacent to an activating group) is 1. The minimum Gasteiger partial charge on any atom is -0.486 e. The van der Waals surface area contributed by atoms with Crippen molar-refractivity contribution >= 4 is 34.4 Å². The van der Waals surface area contributed by atoms with Crippen molar-refractivity contribution in [3.05, 3.63) is 83.6 Å². The summed E-state index contributed by atoms with van der Waals surface area (Å²) in [6.07, 6.45) is -0.651. The van der Waals surface area contributed by atoms with Gasteiger partial charge in [0.1, 0.15) is 24.0 Å². The lowest BCUT2D eigenvalue weighted by Crippen LogP contribution is -2.56. The number of hydrogen-bond acceptors (Lipinski definition) is 7. The molecule has 11 nitrogen and oxygen atoms in total. The van der Waals surface area contributed by atoms with Crippen molar-refractivity contribution in [3.8, 4) is 17.5 Å². The summed E-state index contributed by atoms with van der Waals surface area (Å²) in [6.45, 7) is 3.48. The molecule has 1 aromatic heterocycles. The Hall–Kier alpha value is -5.21. The molecule has 0 spiro atoms. The maximum Gasteiger partial charge on any atom is 0.335 e. The van der Waals surface area contributed by atoms with Crippen LogP contribution in [0.15, 0.2) is 66.7 Å². The Morgan fingerprint density at radius 1 is 1.12 bits per heavy atom. The topological polar surface area (TPSA) is 150 Å². The molecule has 1 aliphatic heterocycles. The second-order valence-corrected chi connectivity index (χ2v) is 9.74. The second-order valence-electron chi connectivity index (χ2n) is 9.74. The van der Waals surface area contributed by atoms with Crippen LogP contribution in [0.25, 0.3) is 16.6 Å². The number of ether oxygens (including phenoxy) is 1. The first-order valence-corrected chi connectivity index (χ1v) is 13.0. The highest BCUT2D eigenvalue weighted by Gasteiger charge is 2.38. The molecule has 4 aromatic rings. The van der Waals surface area contributed by atoms with Gasteiger partial charge in [0.15, 0.2) is 0 Å². The third kappa shape index (κ3) is 5.08. The second kappa shape index (κ2) is 11.1. The molecule has 0 unspecified atom stereocenters. The molecule has 3 atom stereocenters. The Labute approximate surface area is 235 Å². The van der Waals surface area contributed by atoms with Crippen molar-refractivity contribution < 1.29 is 24.2 Å². The van der Waals surface area contributed by atoms with Crippen molar-refractivity contribution in [2.75, 3.05) is 11.9 Å². The summed E-state index contributed by atoms with van der Waals surface area (Å²) >= 11 is 0. The van der Waals surface area contributed by atoms with Crippen LogP contribution < -0.4 is 20.3 Å². The van der Waals surface area contributed by atoms with E-state index >= 15 is 0 Å². The zero-order valence-electron chi connectivity index (χ0n) is 22.7. The predicted molar refractivity (Wildman–Crippen MR) is 151 cm³/mol. The van der Waals surface area contributed by atoms with Gasteiger partial charge in [-0.15, -0.1) is 0 Å². The van der Waals surface area contributed by atoms with Gasteiger partial charge in [0.05, 0.1) is 46.3 Å². The molecule has 0 bridgehead atoms. The lowest BCUT2D eigenvalue weighted by Gasteiger charge is -2.27. The SMILES string of the molecule is CN[C@@H](C)C(=O)N[C@@H]1C(=O)N(Cc2nn(-c3ccc(C(=O)O)cc3C#N)c3ccccc23)c2ccccc2O[C@H]1C. The molecule has 0 saturated carbocycles. The van der Waals surface area contributed by atoms with Gasteiger partial charge in [0.25, 0.3) is 5.91 Å². The fourth-order valence-corrected chi connectivity index (χ4v) is 4.81. The number of rotatable bonds is 7. The molecule has 1 aliphatic rings. The number of para-hydroxylation sites is 3. The number of anilines is 1. The van der Waals surface area contributed by atoms with Crippen molar-refractivity contribution in [2.45, 2.75) is 38.6 Å². The molecular weight excluding hydrogens is 524 g/mol. The van der Waals surface area contributed by atoms with Gasteiger partial charge >= 0.3 is 5.97 Å². The van der Waals surface area contributed by atoms with Gasteiger partial charge in [-0.2, -0.15) is 10.4 Å². The van der Waals surface area contributed by atoms with Crippen LogP contribution in [0.2, 0.25) is 0 Å². The van der Waals surface area contributed by atoms with E-state index in [1.165, 1.54) is 12.1 Å². The summed E-state index contributed by atoms with van der Waals surface area (Å²) in [5, 5.41) is 30.4. The van der Waals surface area contributed by atoms with Crippen LogP contribution in [-0.4, -0.2) is 57.9 Å². The van der Waals surface area contributed by atoms with Crippen molar-refractivity contribution in [1.82, 2.24) is 20.4 Å². The number of nitrogens with zero attached hydrogens (tertiary/aromatic N) is 4. The van der Waals surface area contributed by atoms with Gasteiger partial charge in [-0.25, -0.2) is 9.48 Å². The van der Waals surface area contributed by atoms with Crippen molar-refractivity contribution in [2.24, 2.45) is 0 Å². The highest BCUT2D eigenvalue weighted by atomic mass is 16.5. The first kappa shape index (κ1) is 27.4. The van der Waals surface area contributed by atoms with E-state index in [9.17, 15) is 24.8 Å². The lowest BCUT2D eigenvalue weighted by atomic mass is 10.1. The largest absolute Gasteiger partial charge is 0.486 e. The van der Waals surface area contributed by atoms with E-state index in [-0.39, 0.29) is 29.5 Å². The molecule has 3 N–H and O–H groups in total. The Bertz CT molecular complexity index is 1710. The van der Waals surface area contributed by atoms with E-state index < -0.39 is 24.2 Å². The van der Waals surface area contributed by atoms with Crippen molar-refractivity contribution in [3.63, 3.8) is 0 Å². The number of aromatic nitrogens is 2. The van der Waals surface area contributed by atoms with E-state index in [0.717, 1.165) is 5.39 Å². The number of aromatic carboxylic acids is 1. The first-order chi connectivity index (χ1) is 19.7. The number of hydrogen-bond donors (Lipinski definition) is 3. The summed E-state index contributed by atoms with van der Waals surface area (Å²) in [7, 11) is 1.66. The maximum atomic E-state index is 14.1. The molecule has 2 amide bonds. The summed E-state index contributed by atoms with van der Waals surface area (Å²) in [6, 6.07) is 19.4. The highest BCUT2D eigenvalue weighted by molar-refractivity contribution is 6.02. The number of carboxylic acid groups (broad SMARTS) is 1. The number of nitrogens with one attached hydrogen (secondary N) is 2. The van der Waals surface area contributed by atoms with Crippen LogP contribution in [0, 0.1) is 11.3 Å². The Morgan fingerprint density at radius 2 is 1.85 bits per heavy atom. The average Bonchev–Trinajstić information content (AvgIpc) is 3.31. The van der Waals surface area contributed by atoms with Crippen molar-refractivity contribution in [1.29, 1.82) is 5.26 Å². The minimum absolute atomic E-state index is 0.0106. The van der Waals surface area contributed by atoms with Gasteiger partial charge in [0, 0.05) is 5.39 Å². The number of amides is 2. The molecule has 0 fully saturated rings.